The van der Waals surface area contributed by atoms with E-state index in [9.17, 15) is 9.46 Å². The first-order valence-corrected chi connectivity index (χ1v) is 9.35. The predicted octanol–water partition coefficient (Wildman–Crippen LogP) is 5.21. The van der Waals surface area contributed by atoms with Crippen LogP contribution in [0.3, 0.4) is 0 Å². The zero-order chi connectivity index (χ0) is 14.3. The molecule has 0 bridgehead atoms. The van der Waals surface area contributed by atoms with Gasteiger partial charge in [0.1, 0.15) is 0 Å². The van der Waals surface area contributed by atoms with Gasteiger partial charge in [-0.2, -0.15) is 0 Å². The van der Waals surface area contributed by atoms with Gasteiger partial charge in [-0.25, -0.2) is 0 Å². The number of ether oxygens (including phenoxy) is 1. The number of hydrogen-bond acceptors (Lipinski definition) is 2. The molecule has 0 amide bonds. The summed E-state index contributed by atoms with van der Waals surface area (Å²) in [5, 5.41) is 0. The molecular formula is C14H11Br2O3P. The van der Waals surface area contributed by atoms with E-state index in [1.165, 1.54) is 0 Å². The zero-order valence-corrected chi connectivity index (χ0v) is 14.3. The summed E-state index contributed by atoms with van der Waals surface area (Å²) in [5.74, 6) is -1.46. The number of benzene rings is 2. The van der Waals surface area contributed by atoms with E-state index in [2.05, 4.69) is 31.9 Å². The molecule has 6 heteroatoms. The molecule has 3 atom stereocenters. The highest BCUT2D eigenvalue weighted by Gasteiger charge is 2.53. The fraction of sp³-hybridized carbons (Fsp3) is 0.143. The van der Waals surface area contributed by atoms with Gasteiger partial charge in [0.05, 0.1) is 0 Å². The van der Waals surface area contributed by atoms with Gasteiger partial charge in [0, 0.05) is 8.95 Å². The van der Waals surface area contributed by atoms with E-state index in [0.29, 0.717) is 0 Å². The highest BCUT2D eigenvalue weighted by atomic mass is 79.9. The van der Waals surface area contributed by atoms with Crippen molar-refractivity contribution < 1.29 is 14.2 Å². The van der Waals surface area contributed by atoms with Gasteiger partial charge in [0.25, 0.3) is 7.37 Å². The van der Waals surface area contributed by atoms with Gasteiger partial charge in [0.2, 0.25) is 0 Å². The van der Waals surface area contributed by atoms with Crippen LogP contribution >= 0.6 is 39.2 Å². The van der Waals surface area contributed by atoms with Crippen LogP contribution < -0.4 is 0 Å². The van der Waals surface area contributed by atoms with Crippen LogP contribution in [0.4, 0.5) is 0 Å². The highest BCUT2D eigenvalue weighted by Crippen LogP contribution is 2.76. The second-order valence-corrected chi connectivity index (χ2v) is 8.73. The van der Waals surface area contributed by atoms with Crippen LogP contribution in [-0.2, 0) is 9.30 Å². The maximum atomic E-state index is 12.5. The molecule has 2 aromatic carbocycles. The van der Waals surface area contributed by atoms with Crippen LogP contribution in [0.1, 0.15) is 22.8 Å². The molecular weight excluding hydrogens is 407 g/mol. The topological polar surface area (TPSA) is 46.5 Å². The van der Waals surface area contributed by atoms with E-state index in [-0.39, 0.29) is 0 Å². The quantitative estimate of drug-likeness (QED) is 0.682. The summed E-state index contributed by atoms with van der Waals surface area (Å²) < 4.78 is 20.0. The lowest BCUT2D eigenvalue weighted by atomic mass is 10.2. The first-order chi connectivity index (χ1) is 9.48. The molecule has 0 radical (unpaired) electrons. The molecule has 3 nitrogen and oxygen atoms in total. The zero-order valence-electron chi connectivity index (χ0n) is 10.2. The Morgan fingerprint density at radius 1 is 0.850 bits per heavy atom. The van der Waals surface area contributed by atoms with E-state index < -0.39 is 19.1 Å². The van der Waals surface area contributed by atoms with Crippen molar-refractivity contribution in [2.45, 2.75) is 11.7 Å². The normalized spacial score (nSPS) is 28.9. The third-order valence-corrected chi connectivity index (χ3v) is 6.48. The summed E-state index contributed by atoms with van der Waals surface area (Å²) in [6.45, 7) is 0. The van der Waals surface area contributed by atoms with Crippen molar-refractivity contribution in [1.29, 1.82) is 0 Å². The van der Waals surface area contributed by atoms with Gasteiger partial charge >= 0.3 is 0 Å². The summed E-state index contributed by atoms with van der Waals surface area (Å²) >= 11 is 6.68. The SMILES string of the molecule is O=P1(O)[C@@H](c2ccc(Br)cc2)O[C@H]1c1ccc(Br)cc1. The maximum Gasteiger partial charge on any atom is 0.265 e. The third kappa shape index (κ3) is 2.53. The molecule has 1 unspecified atom stereocenters. The first-order valence-electron chi connectivity index (χ1n) is 5.97. The molecule has 0 aromatic heterocycles. The fourth-order valence-electron chi connectivity index (χ4n) is 2.20. The fourth-order valence-corrected chi connectivity index (χ4v) is 4.57. The lowest BCUT2D eigenvalue weighted by Gasteiger charge is -2.41. The Bertz CT molecular complexity index is 614. The molecule has 20 heavy (non-hydrogen) atoms. The molecule has 1 saturated heterocycles. The monoisotopic (exact) mass is 416 g/mol. The molecule has 1 heterocycles. The van der Waals surface area contributed by atoms with E-state index in [4.69, 9.17) is 4.74 Å². The Kier molecular flexibility index (Phi) is 3.91. The van der Waals surface area contributed by atoms with Crippen LogP contribution in [0.15, 0.2) is 57.5 Å². The van der Waals surface area contributed by atoms with E-state index >= 15 is 0 Å². The Balaban J connectivity index is 1.85. The lowest BCUT2D eigenvalue weighted by molar-refractivity contribution is 0.00481. The largest absolute Gasteiger partial charge is 0.345 e. The van der Waals surface area contributed by atoms with E-state index in [1.807, 2.05) is 24.3 Å². The van der Waals surface area contributed by atoms with Gasteiger partial charge in [-0.3, -0.25) is 4.57 Å². The van der Waals surface area contributed by atoms with Gasteiger partial charge < -0.3 is 9.63 Å². The van der Waals surface area contributed by atoms with Crippen LogP contribution in [0.2, 0.25) is 0 Å². The van der Waals surface area contributed by atoms with Crippen molar-refractivity contribution in [3.8, 4) is 0 Å². The Morgan fingerprint density at radius 2 is 1.20 bits per heavy atom. The van der Waals surface area contributed by atoms with Gasteiger partial charge in [-0.05, 0) is 35.4 Å². The summed E-state index contributed by atoms with van der Waals surface area (Å²) in [6.07, 6.45) is 0. The second kappa shape index (κ2) is 5.39. The van der Waals surface area contributed by atoms with Crippen LogP contribution in [-0.4, -0.2) is 4.89 Å². The van der Waals surface area contributed by atoms with Crippen LogP contribution in [0.25, 0.3) is 0 Å². The summed E-state index contributed by atoms with van der Waals surface area (Å²) in [4.78, 5) is 10.3. The molecule has 0 saturated carbocycles. The molecule has 0 spiro atoms. The minimum atomic E-state index is -3.41. The lowest BCUT2D eigenvalue weighted by Crippen LogP contribution is -2.24. The molecule has 1 aliphatic rings. The van der Waals surface area contributed by atoms with Gasteiger partial charge in [-0.1, -0.05) is 56.1 Å². The molecule has 1 fully saturated rings. The van der Waals surface area contributed by atoms with Gasteiger partial charge in [0.15, 0.2) is 11.7 Å². The summed E-state index contributed by atoms with van der Waals surface area (Å²) in [7, 11) is -3.41. The molecule has 1 aliphatic heterocycles. The second-order valence-electron chi connectivity index (χ2n) is 4.62. The Hall–Kier alpha value is -0.450. The minimum Gasteiger partial charge on any atom is -0.345 e. The van der Waals surface area contributed by atoms with Crippen LogP contribution in [0, 0.1) is 0 Å². The minimum absolute atomic E-state index is 0.729. The predicted molar refractivity (Wildman–Crippen MR) is 84.7 cm³/mol. The maximum absolute atomic E-state index is 12.5. The molecule has 1 N–H and O–H groups in total. The van der Waals surface area contributed by atoms with Crippen molar-refractivity contribution in [1.82, 2.24) is 0 Å². The number of hydrogen-bond donors (Lipinski definition) is 1. The number of halogens is 2. The van der Waals surface area contributed by atoms with Crippen molar-refractivity contribution in [2.24, 2.45) is 0 Å². The summed E-state index contributed by atoms with van der Waals surface area (Å²) in [6, 6.07) is 14.6. The highest BCUT2D eigenvalue weighted by molar-refractivity contribution is 9.10. The van der Waals surface area contributed by atoms with Crippen molar-refractivity contribution >= 4 is 39.2 Å². The van der Waals surface area contributed by atoms with E-state index in [0.717, 1.165) is 20.1 Å². The first kappa shape index (κ1) is 14.5. The van der Waals surface area contributed by atoms with Crippen LogP contribution in [0.5, 0.6) is 0 Å². The average Bonchev–Trinajstić information content (AvgIpc) is 2.42. The van der Waals surface area contributed by atoms with Crippen molar-refractivity contribution in [3.05, 3.63) is 68.6 Å². The average molecular weight is 418 g/mol. The Labute approximate surface area is 133 Å². The third-order valence-electron chi connectivity index (χ3n) is 3.24. The Morgan fingerprint density at radius 3 is 1.50 bits per heavy atom. The van der Waals surface area contributed by atoms with E-state index in [1.54, 1.807) is 24.3 Å². The smallest absolute Gasteiger partial charge is 0.265 e. The van der Waals surface area contributed by atoms with Gasteiger partial charge in [-0.15, -0.1) is 0 Å². The standard InChI is InChI=1S/C14H11Br2O3P/c15-11-5-1-9(2-6-11)13-19-14(20(13,17)18)10-3-7-12(16)8-4-10/h1-8,13-14H,(H,17,18)/t13-,14+. The van der Waals surface area contributed by atoms with Crippen molar-refractivity contribution in [3.63, 3.8) is 0 Å². The summed E-state index contributed by atoms with van der Waals surface area (Å²) in [5.41, 5.74) is 1.46. The molecule has 104 valence electrons. The molecule has 3 rings (SSSR count). The molecule has 0 aliphatic carbocycles. The number of rotatable bonds is 2. The molecule has 2 aromatic rings. The van der Waals surface area contributed by atoms with Crippen molar-refractivity contribution in [2.75, 3.05) is 0 Å².